The zero-order valence-corrected chi connectivity index (χ0v) is 10.7. The number of benzene rings is 1. The van der Waals surface area contributed by atoms with E-state index in [2.05, 4.69) is 0 Å². The molecule has 0 bridgehead atoms. The first-order valence-electron chi connectivity index (χ1n) is 6.45. The SMILES string of the molecule is O=C([O-])N1CCC(c2ccc(CCO)cc2)C(O)C1. The Labute approximate surface area is 112 Å². The van der Waals surface area contributed by atoms with Crippen LogP contribution in [0, 0.1) is 0 Å². The van der Waals surface area contributed by atoms with E-state index in [9.17, 15) is 15.0 Å². The molecule has 1 aromatic carbocycles. The molecule has 2 atom stereocenters. The smallest absolute Gasteiger partial charge is 0.137 e. The Kier molecular flexibility index (Phi) is 4.39. The van der Waals surface area contributed by atoms with E-state index in [1.54, 1.807) is 0 Å². The number of β-amino-alcohol motifs (C(OH)–C–C–N with tert-alkyl or cyclic N) is 1. The molecule has 104 valence electrons. The van der Waals surface area contributed by atoms with E-state index in [0.717, 1.165) is 16.0 Å². The third-order valence-corrected chi connectivity index (χ3v) is 3.65. The van der Waals surface area contributed by atoms with Crippen molar-refractivity contribution in [2.75, 3.05) is 19.7 Å². The molecule has 0 spiro atoms. The Morgan fingerprint density at radius 2 is 2.05 bits per heavy atom. The zero-order valence-electron chi connectivity index (χ0n) is 10.7. The summed E-state index contributed by atoms with van der Waals surface area (Å²) < 4.78 is 0. The third-order valence-electron chi connectivity index (χ3n) is 3.65. The van der Waals surface area contributed by atoms with Crippen molar-refractivity contribution in [1.29, 1.82) is 0 Å². The average Bonchev–Trinajstić information content (AvgIpc) is 2.40. The molecule has 0 radical (unpaired) electrons. The van der Waals surface area contributed by atoms with E-state index in [-0.39, 0.29) is 19.1 Å². The van der Waals surface area contributed by atoms with Gasteiger partial charge in [-0.05, 0) is 24.0 Å². The van der Waals surface area contributed by atoms with Crippen LogP contribution in [0.1, 0.15) is 23.5 Å². The molecule has 1 saturated heterocycles. The predicted molar refractivity (Wildman–Crippen MR) is 67.6 cm³/mol. The molecule has 2 N–H and O–H groups in total. The first-order chi connectivity index (χ1) is 9.11. The molecule has 1 aliphatic heterocycles. The molecule has 19 heavy (non-hydrogen) atoms. The van der Waals surface area contributed by atoms with E-state index in [4.69, 9.17) is 5.11 Å². The number of hydrogen-bond acceptors (Lipinski definition) is 4. The molecule has 0 aliphatic carbocycles. The standard InChI is InChI=1S/C14H19NO4/c16-8-6-10-1-3-11(4-2-10)12-5-7-15(14(18)19)9-13(12)17/h1-4,12-13,16-17H,5-9H2,(H,18,19)/p-1. The van der Waals surface area contributed by atoms with Gasteiger partial charge >= 0.3 is 0 Å². The van der Waals surface area contributed by atoms with Crippen LogP contribution >= 0.6 is 0 Å². The van der Waals surface area contributed by atoms with Crippen molar-refractivity contribution in [2.45, 2.75) is 24.9 Å². The number of aliphatic hydroxyl groups excluding tert-OH is 2. The highest BCUT2D eigenvalue weighted by atomic mass is 16.4. The molecular weight excluding hydrogens is 246 g/mol. The number of aliphatic hydroxyl groups is 2. The summed E-state index contributed by atoms with van der Waals surface area (Å²) in [5, 5.41) is 29.6. The van der Waals surface area contributed by atoms with Gasteiger partial charge in [0.15, 0.2) is 0 Å². The van der Waals surface area contributed by atoms with E-state index < -0.39 is 12.2 Å². The minimum Gasteiger partial charge on any atom is -0.530 e. The van der Waals surface area contributed by atoms with Gasteiger partial charge in [-0.3, -0.25) is 0 Å². The van der Waals surface area contributed by atoms with Gasteiger partial charge in [-0.15, -0.1) is 0 Å². The quantitative estimate of drug-likeness (QED) is 0.786. The van der Waals surface area contributed by atoms with Crippen LogP contribution in [0.4, 0.5) is 4.79 Å². The van der Waals surface area contributed by atoms with Gasteiger partial charge in [-0.1, -0.05) is 24.3 Å². The van der Waals surface area contributed by atoms with Crippen LogP contribution in [-0.2, 0) is 6.42 Å². The summed E-state index contributed by atoms with van der Waals surface area (Å²) in [5.74, 6) is -0.0428. The summed E-state index contributed by atoms with van der Waals surface area (Å²) in [5.41, 5.74) is 2.06. The molecule has 1 aromatic rings. The first-order valence-corrected chi connectivity index (χ1v) is 6.45. The third kappa shape index (κ3) is 3.24. The lowest BCUT2D eigenvalue weighted by atomic mass is 9.86. The van der Waals surface area contributed by atoms with Crippen molar-refractivity contribution in [1.82, 2.24) is 4.90 Å². The molecule has 1 heterocycles. The van der Waals surface area contributed by atoms with Gasteiger partial charge in [0.25, 0.3) is 0 Å². The van der Waals surface area contributed by atoms with Crippen molar-refractivity contribution in [3.05, 3.63) is 35.4 Å². The number of likely N-dealkylation sites (tertiary alicyclic amines) is 1. The number of carboxylic acid groups (broad SMARTS) is 1. The van der Waals surface area contributed by atoms with Gasteiger partial charge in [-0.2, -0.15) is 0 Å². The number of rotatable bonds is 3. The summed E-state index contributed by atoms with van der Waals surface area (Å²) in [4.78, 5) is 11.9. The van der Waals surface area contributed by atoms with Gasteiger partial charge in [0.2, 0.25) is 0 Å². The highest BCUT2D eigenvalue weighted by Gasteiger charge is 2.28. The Bertz CT molecular complexity index is 432. The first kappa shape index (κ1) is 13.8. The fourth-order valence-corrected chi connectivity index (χ4v) is 2.55. The second-order valence-corrected chi connectivity index (χ2v) is 4.89. The van der Waals surface area contributed by atoms with Crippen LogP contribution in [0.3, 0.4) is 0 Å². The van der Waals surface area contributed by atoms with Crippen LogP contribution in [0.5, 0.6) is 0 Å². The molecule has 0 aromatic heterocycles. The van der Waals surface area contributed by atoms with Crippen LogP contribution in [0.25, 0.3) is 0 Å². The summed E-state index contributed by atoms with van der Waals surface area (Å²) >= 11 is 0. The Balaban J connectivity index is 2.04. The van der Waals surface area contributed by atoms with E-state index in [1.807, 2.05) is 24.3 Å². The van der Waals surface area contributed by atoms with Gasteiger partial charge < -0.3 is 25.0 Å². The van der Waals surface area contributed by atoms with Crippen LogP contribution in [0.2, 0.25) is 0 Å². The second-order valence-electron chi connectivity index (χ2n) is 4.89. The molecule has 1 amide bonds. The molecule has 2 unspecified atom stereocenters. The summed E-state index contributed by atoms with van der Waals surface area (Å²) in [6.45, 7) is 0.611. The van der Waals surface area contributed by atoms with E-state index >= 15 is 0 Å². The van der Waals surface area contributed by atoms with Crippen LogP contribution in [-0.4, -0.2) is 47.0 Å². The largest absolute Gasteiger partial charge is 0.530 e. The minimum atomic E-state index is -1.23. The van der Waals surface area contributed by atoms with Gasteiger partial charge in [0.1, 0.15) is 6.09 Å². The fraction of sp³-hybridized carbons (Fsp3) is 0.500. The zero-order chi connectivity index (χ0) is 13.8. The van der Waals surface area contributed by atoms with Crippen molar-refractivity contribution in [2.24, 2.45) is 0 Å². The molecular formula is C14H18NO4-. The molecule has 2 rings (SSSR count). The van der Waals surface area contributed by atoms with E-state index in [0.29, 0.717) is 19.4 Å². The monoisotopic (exact) mass is 264 g/mol. The van der Waals surface area contributed by atoms with Crippen LogP contribution < -0.4 is 5.11 Å². The molecule has 0 saturated carbocycles. The number of amides is 1. The lowest BCUT2D eigenvalue weighted by Gasteiger charge is -2.37. The number of piperidine rings is 1. The lowest BCUT2D eigenvalue weighted by Crippen LogP contribution is -2.50. The van der Waals surface area contributed by atoms with Crippen molar-refractivity contribution < 1.29 is 20.1 Å². The molecule has 1 aliphatic rings. The molecule has 1 fully saturated rings. The summed E-state index contributed by atoms with van der Waals surface area (Å²) in [7, 11) is 0. The number of carbonyl (C=O) groups is 1. The van der Waals surface area contributed by atoms with Crippen molar-refractivity contribution in [3.63, 3.8) is 0 Å². The maximum Gasteiger partial charge on any atom is 0.137 e. The molecule has 5 heteroatoms. The molecule has 5 nitrogen and oxygen atoms in total. The van der Waals surface area contributed by atoms with Crippen molar-refractivity contribution >= 4 is 6.09 Å². The summed E-state index contributed by atoms with van der Waals surface area (Å²) in [6, 6.07) is 7.74. The highest BCUT2D eigenvalue weighted by molar-refractivity contribution is 5.62. The maximum atomic E-state index is 10.7. The maximum absolute atomic E-state index is 10.7. The van der Waals surface area contributed by atoms with Gasteiger partial charge in [0, 0.05) is 25.6 Å². The number of nitrogens with zero attached hydrogens (tertiary/aromatic N) is 1. The fourth-order valence-electron chi connectivity index (χ4n) is 2.55. The van der Waals surface area contributed by atoms with Gasteiger partial charge in [0.05, 0.1) is 6.10 Å². The van der Waals surface area contributed by atoms with Crippen molar-refractivity contribution in [3.8, 4) is 0 Å². The van der Waals surface area contributed by atoms with Crippen LogP contribution in [0.15, 0.2) is 24.3 Å². The lowest BCUT2D eigenvalue weighted by molar-refractivity contribution is -0.268. The predicted octanol–water partition coefficient (Wildman–Crippen LogP) is -0.285. The number of carbonyl (C=O) groups excluding carboxylic acids is 1. The Hall–Kier alpha value is -1.59. The second kappa shape index (κ2) is 6.04. The van der Waals surface area contributed by atoms with Gasteiger partial charge in [-0.25, -0.2) is 0 Å². The Morgan fingerprint density at radius 1 is 1.37 bits per heavy atom. The Morgan fingerprint density at radius 3 is 2.58 bits per heavy atom. The topological polar surface area (TPSA) is 83.8 Å². The normalized spacial score (nSPS) is 23.4. The minimum absolute atomic E-state index is 0.0428. The van der Waals surface area contributed by atoms with E-state index in [1.165, 1.54) is 0 Å². The number of hydrogen-bond donors (Lipinski definition) is 2. The average molecular weight is 264 g/mol. The highest BCUT2D eigenvalue weighted by Crippen LogP contribution is 2.28. The summed E-state index contributed by atoms with van der Waals surface area (Å²) in [6.07, 6.45) is -0.716.